The lowest BCUT2D eigenvalue weighted by atomic mass is 10.2. The number of thiophene rings is 1. The molecule has 13 heavy (non-hydrogen) atoms. The molecule has 0 aromatic carbocycles. The fourth-order valence-electron chi connectivity index (χ4n) is 1.44. The zero-order valence-electron chi connectivity index (χ0n) is 7.03. The lowest BCUT2D eigenvalue weighted by Crippen LogP contribution is -1.92. The molecule has 1 saturated heterocycles. The average Bonchev–Trinajstić information content (AvgIpc) is 2.75. The first-order chi connectivity index (χ1) is 6.27. The second kappa shape index (κ2) is 3.47. The molecule has 3 nitrogen and oxygen atoms in total. The third kappa shape index (κ3) is 1.73. The molecule has 0 aliphatic carbocycles. The molecule has 2 rings (SSSR count). The third-order valence-electron chi connectivity index (χ3n) is 2.08. The van der Waals surface area contributed by atoms with Crippen molar-refractivity contribution in [2.75, 3.05) is 6.61 Å². The normalized spacial score (nSPS) is 22.0. The van der Waals surface area contributed by atoms with E-state index >= 15 is 0 Å². The van der Waals surface area contributed by atoms with Crippen LogP contribution in [0.15, 0.2) is 12.1 Å². The number of carbonyl (C=O) groups is 1. The van der Waals surface area contributed by atoms with E-state index in [0.29, 0.717) is 4.88 Å². The van der Waals surface area contributed by atoms with Crippen molar-refractivity contribution in [2.24, 2.45) is 0 Å². The predicted molar refractivity (Wildman–Crippen MR) is 49.2 cm³/mol. The van der Waals surface area contributed by atoms with Gasteiger partial charge in [-0.15, -0.1) is 11.3 Å². The summed E-state index contributed by atoms with van der Waals surface area (Å²) in [6.07, 6.45) is 2.22. The molecule has 0 bridgehead atoms. The number of aromatic carboxylic acids is 1. The van der Waals surface area contributed by atoms with E-state index in [2.05, 4.69) is 0 Å². The van der Waals surface area contributed by atoms with Crippen molar-refractivity contribution in [1.82, 2.24) is 0 Å². The van der Waals surface area contributed by atoms with Gasteiger partial charge in [0, 0.05) is 11.5 Å². The Morgan fingerprint density at radius 1 is 1.62 bits per heavy atom. The van der Waals surface area contributed by atoms with Gasteiger partial charge in [0.15, 0.2) is 0 Å². The maximum absolute atomic E-state index is 10.6. The van der Waals surface area contributed by atoms with E-state index in [1.807, 2.05) is 6.07 Å². The molecule has 70 valence electrons. The van der Waals surface area contributed by atoms with E-state index in [9.17, 15) is 4.79 Å². The summed E-state index contributed by atoms with van der Waals surface area (Å²) < 4.78 is 5.45. The van der Waals surface area contributed by atoms with E-state index in [0.717, 1.165) is 24.3 Å². The van der Waals surface area contributed by atoms with Gasteiger partial charge in [-0.1, -0.05) is 0 Å². The quantitative estimate of drug-likeness (QED) is 0.793. The Kier molecular flexibility index (Phi) is 2.33. The summed E-state index contributed by atoms with van der Waals surface area (Å²) in [5.74, 6) is -0.853. The Hall–Kier alpha value is -0.870. The number of hydrogen-bond donors (Lipinski definition) is 1. The minimum Gasteiger partial charge on any atom is -0.477 e. The van der Waals surface area contributed by atoms with Gasteiger partial charge in [0.25, 0.3) is 0 Å². The fraction of sp³-hybridized carbons (Fsp3) is 0.444. The fourth-order valence-corrected chi connectivity index (χ4v) is 2.37. The van der Waals surface area contributed by atoms with Gasteiger partial charge in [0.1, 0.15) is 4.88 Å². The Bertz CT molecular complexity index is 312. The maximum atomic E-state index is 10.6. The lowest BCUT2D eigenvalue weighted by molar-refractivity contribution is 0.0702. The van der Waals surface area contributed by atoms with Gasteiger partial charge >= 0.3 is 5.97 Å². The molecule has 0 spiro atoms. The zero-order chi connectivity index (χ0) is 9.26. The Balaban J connectivity index is 2.16. The second-order valence-electron chi connectivity index (χ2n) is 3.01. The number of ether oxygens (including phenoxy) is 1. The smallest absolute Gasteiger partial charge is 0.345 e. The summed E-state index contributed by atoms with van der Waals surface area (Å²) in [6.45, 7) is 0.797. The molecular formula is C9H10O3S. The highest BCUT2D eigenvalue weighted by Crippen LogP contribution is 2.33. The first-order valence-corrected chi connectivity index (χ1v) is 5.03. The molecule has 2 heterocycles. The molecule has 1 aromatic rings. The number of carboxylic acids is 1. The van der Waals surface area contributed by atoms with Gasteiger partial charge < -0.3 is 9.84 Å². The monoisotopic (exact) mass is 198 g/mol. The first-order valence-electron chi connectivity index (χ1n) is 4.22. The minimum atomic E-state index is -0.853. The molecule has 1 unspecified atom stereocenters. The molecule has 1 aliphatic rings. The van der Waals surface area contributed by atoms with E-state index in [1.54, 1.807) is 6.07 Å². The maximum Gasteiger partial charge on any atom is 0.345 e. The summed E-state index contributed by atoms with van der Waals surface area (Å²) >= 11 is 1.31. The number of hydrogen-bond acceptors (Lipinski definition) is 3. The molecule has 1 atom stereocenters. The lowest BCUT2D eigenvalue weighted by Gasteiger charge is -2.04. The highest BCUT2D eigenvalue weighted by molar-refractivity contribution is 7.14. The molecule has 4 heteroatoms. The van der Waals surface area contributed by atoms with Crippen molar-refractivity contribution in [3.8, 4) is 0 Å². The van der Waals surface area contributed by atoms with Crippen molar-refractivity contribution >= 4 is 17.3 Å². The van der Waals surface area contributed by atoms with Crippen LogP contribution in [0.5, 0.6) is 0 Å². The highest BCUT2D eigenvalue weighted by atomic mass is 32.1. The van der Waals surface area contributed by atoms with Gasteiger partial charge in [-0.2, -0.15) is 0 Å². The largest absolute Gasteiger partial charge is 0.477 e. The molecule has 1 aromatic heterocycles. The van der Waals surface area contributed by atoms with Crippen LogP contribution in [0.3, 0.4) is 0 Å². The van der Waals surface area contributed by atoms with Gasteiger partial charge in [0.05, 0.1) is 6.10 Å². The average molecular weight is 198 g/mol. The SMILES string of the molecule is O=C(O)c1ccc(C2CCCO2)s1. The van der Waals surface area contributed by atoms with Gasteiger partial charge in [-0.3, -0.25) is 0 Å². The van der Waals surface area contributed by atoms with Crippen LogP contribution in [-0.2, 0) is 4.74 Å². The minimum absolute atomic E-state index is 0.137. The van der Waals surface area contributed by atoms with E-state index < -0.39 is 5.97 Å². The molecule has 1 N–H and O–H groups in total. The number of carboxylic acid groups (broad SMARTS) is 1. The molecule has 1 fully saturated rings. The summed E-state index contributed by atoms with van der Waals surface area (Å²) in [7, 11) is 0. The van der Waals surface area contributed by atoms with E-state index in [-0.39, 0.29) is 6.10 Å². The Morgan fingerprint density at radius 3 is 3.00 bits per heavy atom. The van der Waals surface area contributed by atoms with E-state index in [1.165, 1.54) is 11.3 Å². The zero-order valence-corrected chi connectivity index (χ0v) is 7.84. The van der Waals surface area contributed by atoms with Crippen molar-refractivity contribution in [1.29, 1.82) is 0 Å². The van der Waals surface area contributed by atoms with Crippen LogP contribution in [0.2, 0.25) is 0 Å². The molecule has 0 amide bonds. The highest BCUT2D eigenvalue weighted by Gasteiger charge is 2.20. The van der Waals surface area contributed by atoms with Crippen LogP contribution < -0.4 is 0 Å². The van der Waals surface area contributed by atoms with Gasteiger partial charge in [-0.25, -0.2) is 4.79 Å². The number of rotatable bonds is 2. The molecular weight excluding hydrogens is 188 g/mol. The third-order valence-corrected chi connectivity index (χ3v) is 3.25. The van der Waals surface area contributed by atoms with Crippen molar-refractivity contribution < 1.29 is 14.6 Å². The van der Waals surface area contributed by atoms with Crippen LogP contribution in [0.25, 0.3) is 0 Å². The summed E-state index contributed by atoms with van der Waals surface area (Å²) in [5, 5.41) is 8.71. The van der Waals surface area contributed by atoms with Gasteiger partial charge in [0.2, 0.25) is 0 Å². The predicted octanol–water partition coefficient (Wildman–Crippen LogP) is 2.30. The molecule has 0 saturated carbocycles. The molecule has 0 radical (unpaired) electrons. The summed E-state index contributed by atoms with van der Waals surface area (Å²) in [5.41, 5.74) is 0. The Morgan fingerprint density at radius 2 is 2.46 bits per heavy atom. The standard InChI is InChI=1S/C9H10O3S/c10-9(11)8-4-3-7(13-8)6-2-1-5-12-6/h3-4,6H,1-2,5H2,(H,10,11). The van der Waals surface area contributed by atoms with Crippen LogP contribution in [0.1, 0.15) is 33.5 Å². The topological polar surface area (TPSA) is 46.5 Å². The van der Waals surface area contributed by atoms with Crippen LogP contribution in [0.4, 0.5) is 0 Å². The van der Waals surface area contributed by atoms with Crippen molar-refractivity contribution in [3.05, 3.63) is 21.9 Å². The van der Waals surface area contributed by atoms with Crippen molar-refractivity contribution in [2.45, 2.75) is 18.9 Å². The summed E-state index contributed by atoms with van der Waals surface area (Å²) in [4.78, 5) is 12.0. The van der Waals surface area contributed by atoms with Crippen LogP contribution in [-0.4, -0.2) is 17.7 Å². The van der Waals surface area contributed by atoms with Crippen LogP contribution >= 0.6 is 11.3 Å². The molecule has 1 aliphatic heterocycles. The van der Waals surface area contributed by atoms with Crippen LogP contribution in [0, 0.1) is 0 Å². The summed E-state index contributed by atoms with van der Waals surface area (Å²) in [6, 6.07) is 3.49. The van der Waals surface area contributed by atoms with E-state index in [4.69, 9.17) is 9.84 Å². The first kappa shape index (κ1) is 8.72. The Labute approximate surface area is 80.0 Å². The van der Waals surface area contributed by atoms with Gasteiger partial charge in [-0.05, 0) is 25.0 Å². The second-order valence-corrected chi connectivity index (χ2v) is 4.12. The van der Waals surface area contributed by atoms with Crippen molar-refractivity contribution in [3.63, 3.8) is 0 Å².